The monoisotopic (exact) mass is 386 g/mol. The Bertz CT molecular complexity index is 1170. The standard InChI is InChI=1S/C18H15FN4O3S/c1-22-17-14-9-13(21-18(24)11-3-5-12(19)6-4-11)7-8-15(14)23(2)27(25,26)16(17)10-20-22/h3-10H,1-2H3,(H,21,24). The van der Waals surface area contributed by atoms with E-state index < -0.39 is 21.7 Å². The third kappa shape index (κ3) is 2.67. The molecule has 3 aromatic rings. The van der Waals surface area contributed by atoms with Gasteiger partial charge in [-0.2, -0.15) is 5.10 Å². The first-order valence-corrected chi connectivity index (χ1v) is 9.45. The molecule has 2 aromatic carbocycles. The van der Waals surface area contributed by atoms with Crippen LogP contribution < -0.4 is 9.62 Å². The summed E-state index contributed by atoms with van der Waals surface area (Å²) in [6.45, 7) is 0. The first-order chi connectivity index (χ1) is 12.8. The number of carbonyl (C=O) groups is 1. The molecule has 0 saturated carbocycles. The summed E-state index contributed by atoms with van der Waals surface area (Å²) in [6, 6.07) is 10.2. The van der Waals surface area contributed by atoms with E-state index in [2.05, 4.69) is 10.4 Å². The number of nitrogens with one attached hydrogen (secondary N) is 1. The number of halogens is 1. The fourth-order valence-electron chi connectivity index (χ4n) is 3.07. The van der Waals surface area contributed by atoms with Crippen molar-refractivity contribution in [1.29, 1.82) is 0 Å². The first-order valence-electron chi connectivity index (χ1n) is 8.01. The van der Waals surface area contributed by atoms with Crippen LogP contribution in [0.25, 0.3) is 11.3 Å². The van der Waals surface area contributed by atoms with Crippen LogP contribution in [0.1, 0.15) is 10.4 Å². The Morgan fingerprint density at radius 3 is 2.52 bits per heavy atom. The lowest BCUT2D eigenvalue weighted by atomic mass is 10.1. The largest absolute Gasteiger partial charge is 0.322 e. The van der Waals surface area contributed by atoms with Crippen molar-refractivity contribution in [3.63, 3.8) is 0 Å². The molecular formula is C18H15FN4O3S. The highest BCUT2D eigenvalue weighted by Gasteiger charge is 2.35. The summed E-state index contributed by atoms with van der Waals surface area (Å²) in [5, 5.41) is 6.81. The molecule has 1 N–H and O–H groups in total. The third-order valence-corrected chi connectivity index (χ3v) is 6.27. The van der Waals surface area contributed by atoms with Gasteiger partial charge in [-0.1, -0.05) is 0 Å². The molecule has 9 heteroatoms. The highest BCUT2D eigenvalue weighted by Crippen LogP contribution is 2.43. The van der Waals surface area contributed by atoms with Crippen LogP contribution in [0.4, 0.5) is 15.8 Å². The summed E-state index contributed by atoms with van der Waals surface area (Å²) >= 11 is 0. The van der Waals surface area contributed by atoms with E-state index in [1.807, 2.05) is 0 Å². The molecule has 1 aromatic heterocycles. The molecule has 0 aliphatic carbocycles. The average molecular weight is 386 g/mol. The molecule has 1 aliphatic rings. The minimum atomic E-state index is -3.67. The highest BCUT2D eigenvalue weighted by molar-refractivity contribution is 7.93. The van der Waals surface area contributed by atoms with Gasteiger partial charge in [0.05, 0.1) is 17.6 Å². The van der Waals surface area contributed by atoms with E-state index in [1.54, 1.807) is 25.2 Å². The molecule has 138 valence electrons. The van der Waals surface area contributed by atoms with Crippen molar-refractivity contribution in [2.24, 2.45) is 7.05 Å². The zero-order valence-corrected chi connectivity index (χ0v) is 15.3. The number of fused-ring (bicyclic) bond motifs is 3. The maximum Gasteiger partial charge on any atom is 0.267 e. The van der Waals surface area contributed by atoms with Gasteiger partial charge in [0.15, 0.2) is 0 Å². The topological polar surface area (TPSA) is 84.3 Å². The van der Waals surface area contributed by atoms with Crippen molar-refractivity contribution in [2.75, 3.05) is 16.7 Å². The number of hydrogen-bond acceptors (Lipinski definition) is 4. The second-order valence-electron chi connectivity index (χ2n) is 6.15. The molecule has 0 bridgehead atoms. The molecule has 0 spiro atoms. The lowest BCUT2D eigenvalue weighted by Gasteiger charge is -2.27. The number of aryl methyl sites for hydroxylation is 1. The fourth-order valence-corrected chi connectivity index (χ4v) is 4.45. The fraction of sp³-hybridized carbons (Fsp3) is 0.111. The molecule has 4 rings (SSSR count). The Labute approximate surface area is 155 Å². The lowest BCUT2D eigenvalue weighted by Crippen LogP contribution is -2.30. The minimum Gasteiger partial charge on any atom is -0.322 e. The highest BCUT2D eigenvalue weighted by atomic mass is 32.2. The van der Waals surface area contributed by atoms with Crippen LogP contribution >= 0.6 is 0 Å². The van der Waals surface area contributed by atoms with Crippen LogP contribution in [0.15, 0.2) is 53.6 Å². The van der Waals surface area contributed by atoms with Crippen molar-refractivity contribution in [2.45, 2.75) is 4.90 Å². The Balaban J connectivity index is 1.75. The molecule has 1 amide bonds. The van der Waals surface area contributed by atoms with Crippen LogP contribution in [0.2, 0.25) is 0 Å². The third-order valence-electron chi connectivity index (χ3n) is 4.50. The molecule has 0 saturated heterocycles. The zero-order valence-electron chi connectivity index (χ0n) is 14.5. The van der Waals surface area contributed by atoms with Gasteiger partial charge in [-0.25, -0.2) is 12.8 Å². The molecule has 27 heavy (non-hydrogen) atoms. The summed E-state index contributed by atoms with van der Waals surface area (Å²) in [6.07, 6.45) is 1.31. The molecule has 1 aliphatic heterocycles. The number of sulfonamides is 1. The van der Waals surface area contributed by atoms with E-state index in [1.165, 1.54) is 46.5 Å². The smallest absolute Gasteiger partial charge is 0.267 e. The van der Waals surface area contributed by atoms with Gasteiger partial charge in [0, 0.05) is 30.9 Å². The van der Waals surface area contributed by atoms with Gasteiger partial charge in [-0.05, 0) is 42.5 Å². The number of rotatable bonds is 2. The summed E-state index contributed by atoms with van der Waals surface area (Å²) in [7, 11) is -0.536. The number of nitrogens with zero attached hydrogens (tertiary/aromatic N) is 3. The van der Waals surface area contributed by atoms with E-state index in [-0.39, 0.29) is 4.90 Å². The first kappa shape index (κ1) is 17.2. The van der Waals surface area contributed by atoms with Crippen LogP contribution in [0, 0.1) is 5.82 Å². The number of aromatic nitrogens is 2. The van der Waals surface area contributed by atoms with Gasteiger partial charge in [0.25, 0.3) is 15.9 Å². The average Bonchev–Trinajstić information content (AvgIpc) is 3.03. The maximum absolute atomic E-state index is 13.0. The molecule has 0 fully saturated rings. The predicted molar refractivity (Wildman–Crippen MR) is 98.6 cm³/mol. The number of amides is 1. The SMILES string of the molecule is CN1c2ccc(NC(=O)c3ccc(F)cc3)cc2-c2c(cnn2C)S1(=O)=O. The van der Waals surface area contributed by atoms with E-state index in [9.17, 15) is 17.6 Å². The van der Waals surface area contributed by atoms with Crippen molar-refractivity contribution in [3.8, 4) is 11.3 Å². The van der Waals surface area contributed by atoms with Crippen LogP contribution in [0.5, 0.6) is 0 Å². The van der Waals surface area contributed by atoms with Crippen molar-refractivity contribution >= 4 is 27.3 Å². The Morgan fingerprint density at radius 1 is 1.11 bits per heavy atom. The van der Waals surface area contributed by atoms with Gasteiger partial charge in [-0.3, -0.25) is 13.8 Å². The van der Waals surface area contributed by atoms with Crippen LogP contribution in [0.3, 0.4) is 0 Å². The van der Waals surface area contributed by atoms with Gasteiger partial charge in [0.1, 0.15) is 10.7 Å². The van der Waals surface area contributed by atoms with E-state index in [4.69, 9.17) is 0 Å². The molecular weight excluding hydrogens is 371 g/mol. The van der Waals surface area contributed by atoms with E-state index in [0.717, 1.165) is 0 Å². The van der Waals surface area contributed by atoms with E-state index >= 15 is 0 Å². The van der Waals surface area contributed by atoms with Gasteiger partial charge < -0.3 is 5.32 Å². The molecule has 2 heterocycles. The summed E-state index contributed by atoms with van der Waals surface area (Å²) < 4.78 is 41.0. The van der Waals surface area contributed by atoms with Gasteiger partial charge in [-0.15, -0.1) is 0 Å². The maximum atomic E-state index is 13.0. The van der Waals surface area contributed by atoms with E-state index in [0.29, 0.717) is 28.2 Å². The number of anilines is 2. The Kier molecular flexibility index (Phi) is 3.77. The second-order valence-corrected chi connectivity index (χ2v) is 8.08. The van der Waals surface area contributed by atoms with Crippen molar-refractivity contribution in [3.05, 3.63) is 60.0 Å². The van der Waals surface area contributed by atoms with Crippen molar-refractivity contribution in [1.82, 2.24) is 9.78 Å². The normalized spacial score (nSPS) is 14.4. The summed E-state index contributed by atoms with van der Waals surface area (Å²) in [5.41, 5.74) is 2.39. The van der Waals surface area contributed by atoms with Gasteiger partial charge >= 0.3 is 0 Å². The van der Waals surface area contributed by atoms with Crippen molar-refractivity contribution < 1.29 is 17.6 Å². The molecule has 7 nitrogen and oxygen atoms in total. The van der Waals surface area contributed by atoms with Crippen LogP contribution in [-0.4, -0.2) is 31.2 Å². The molecule has 0 unspecified atom stereocenters. The molecule has 0 radical (unpaired) electrons. The minimum absolute atomic E-state index is 0.113. The Hall–Kier alpha value is -3.20. The quantitative estimate of drug-likeness (QED) is 0.734. The summed E-state index contributed by atoms with van der Waals surface area (Å²) in [4.78, 5) is 12.5. The predicted octanol–water partition coefficient (Wildman–Crippen LogP) is 2.62. The lowest BCUT2D eigenvalue weighted by molar-refractivity contribution is 0.102. The number of benzene rings is 2. The second kappa shape index (κ2) is 5.92. The summed E-state index contributed by atoms with van der Waals surface area (Å²) in [5.74, 6) is -0.815. The van der Waals surface area contributed by atoms with Gasteiger partial charge in [0.2, 0.25) is 0 Å². The number of carbonyl (C=O) groups excluding carboxylic acids is 1. The van der Waals surface area contributed by atoms with Crippen LogP contribution in [-0.2, 0) is 17.1 Å². The Morgan fingerprint density at radius 2 is 1.81 bits per heavy atom. The molecule has 0 atom stereocenters. The zero-order chi connectivity index (χ0) is 19.3. The number of hydrogen-bond donors (Lipinski definition) is 1.